The lowest BCUT2D eigenvalue weighted by atomic mass is 9.68. The summed E-state index contributed by atoms with van der Waals surface area (Å²) in [4.78, 5) is 13.6. The van der Waals surface area contributed by atoms with Crippen molar-refractivity contribution in [3.8, 4) is 11.5 Å². The molecule has 3 aromatic rings. The van der Waals surface area contributed by atoms with Gasteiger partial charge < -0.3 is 15.2 Å². The summed E-state index contributed by atoms with van der Waals surface area (Å²) < 4.78 is 6.61. The van der Waals surface area contributed by atoms with Crippen molar-refractivity contribution in [1.82, 2.24) is 0 Å². The predicted octanol–water partition coefficient (Wildman–Crippen LogP) is 7.39. The van der Waals surface area contributed by atoms with E-state index in [9.17, 15) is 9.90 Å². The number of allylic oxidation sites excluding steroid dienone is 1. The lowest BCUT2D eigenvalue weighted by Crippen LogP contribution is -2.33. The number of phenolic OH excluding ortho intramolecular Hbond substituents is 1. The average Bonchev–Trinajstić information content (AvgIpc) is 2.76. The third-order valence-corrected chi connectivity index (χ3v) is 8.60. The number of aromatic hydroxyl groups is 1. The van der Waals surface area contributed by atoms with E-state index in [1.165, 1.54) is 7.11 Å². The number of hydrogen-bond acceptors (Lipinski definition) is 4. The summed E-state index contributed by atoms with van der Waals surface area (Å²) in [5, 5.41) is 16.4. The van der Waals surface area contributed by atoms with Gasteiger partial charge in [0.15, 0.2) is 17.3 Å². The predicted molar refractivity (Wildman–Crippen MR) is 135 cm³/mol. The molecular weight excluding hydrogens is 534 g/mol. The molecule has 0 aromatic heterocycles. The van der Waals surface area contributed by atoms with Gasteiger partial charge in [0, 0.05) is 27.7 Å². The molecule has 1 atom stereocenters. The minimum atomic E-state index is -0.359. The number of phenols is 1. The minimum absolute atomic E-state index is 0.0237. The maximum atomic E-state index is 13.6. The molecule has 0 saturated heterocycles. The topological polar surface area (TPSA) is 58.6 Å². The van der Waals surface area contributed by atoms with Crippen LogP contribution in [-0.4, -0.2) is 18.0 Å². The Labute approximate surface area is 203 Å². The van der Waals surface area contributed by atoms with Crippen LogP contribution in [0.1, 0.15) is 43.9 Å². The van der Waals surface area contributed by atoms with Gasteiger partial charge in [0.05, 0.1) is 17.6 Å². The molecule has 164 valence electrons. The summed E-state index contributed by atoms with van der Waals surface area (Å²) in [6, 6.07) is 14.0. The van der Waals surface area contributed by atoms with E-state index in [-0.39, 0.29) is 23.0 Å². The molecule has 4 nitrogen and oxygen atoms in total. The van der Waals surface area contributed by atoms with Crippen LogP contribution >= 0.6 is 31.9 Å². The fraction of sp³-hybridized carbons (Fsp3) is 0.269. The summed E-state index contributed by atoms with van der Waals surface area (Å²) in [5.41, 5.74) is 4.76. The van der Waals surface area contributed by atoms with Crippen LogP contribution in [0.25, 0.3) is 16.3 Å². The van der Waals surface area contributed by atoms with Gasteiger partial charge in [-0.25, -0.2) is 0 Å². The van der Waals surface area contributed by atoms with Crippen molar-refractivity contribution in [2.75, 3.05) is 12.4 Å². The number of methoxy groups -OCH3 is 1. The van der Waals surface area contributed by atoms with E-state index in [0.717, 1.165) is 45.2 Å². The summed E-state index contributed by atoms with van der Waals surface area (Å²) in [6.45, 7) is 4.32. The van der Waals surface area contributed by atoms with Gasteiger partial charge in [-0.15, -0.1) is 0 Å². The molecular formula is C26H23Br2NO3. The molecule has 0 bridgehead atoms. The van der Waals surface area contributed by atoms with E-state index in [1.807, 2.05) is 12.1 Å². The summed E-state index contributed by atoms with van der Waals surface area (Å²) in [5.74, 6) is 0.532. The van der Waals surface area contributed by atoms with Crippen LogP contribution in [0.2, 0.25) is 0 Å². The van der Waals surface area contributed by atoms with E-state index in [4.69, 9.17) is 4.74 Å². The molecule has 1 heterocycles. The van der Waals surface area contributed by atoms with Gasteiger partial charge in [0.2, 0.25) is 0 Å². The maximum absolute atomic E-state index is 13.6. The Kier molecular flexibility index (Phi) is 5.13. The van der Waals surface area contributed by atoms with Gasteiger partial charge in [-0.2, -0.15) is 0 Å². The highest BCUT2D eigenvalue weighted by Gasteiger charge is 2.41. The molecule has 0 radical (unpaired) electrons. The molecule has 0 amide bonds. The highest BCUT2D eigenvalue weighted by molar-refractivity contribution is 9.13. The lowest BCUT2D eigenvalue weighted by molar-refractivity contribution is -0.118. The number of anilines is 1. The van der Waals surface area contributed by atoms with Gasteiger partial charge in [-0.3, -0.25) is 4.79 Å². The van der Waals surface area contributed by atoms with Crippen molar-refractivity contribution in [3.05, 3.63) is 68.1 Å². The highest BCUT2D eigenvalue weighted by atomic mass is 79.9. The molecule has 2 N–H and O–H groups in total. The number of ketones is 1. The normalized spacial score (nSPS) is 19.4. The van der Waals surface area contributed by atoms with Crippen molar-refractivity contribution < 1.29 is 14.6 Å². The first-order valence-electron chi connectivity index (χ1n) is 10.5. The molecule has 0 saturated carbocycles. The number of hydrogen-bond donors (Lipinski definition) is 2. The van der Waals surface area contributed by atoms with E-state index in [2.05, 4.69) is 75.3 Å². The zero-order chi connectivity index (χ0) is 22.8. The largest absolute Gasteiger partial charge is 0.503 e. The quantitative estimate of drug-likeness (QED) is 0.345. The van der Waals surface area contributed by atoms with E-state index in [1.54, 1.807) is 6.07 Å². The van der Waals surface area contributed by atoms with Crippen LogP contribution in [0.4, 0.5) is 5.69 Å². The molecule has 5 rings (SSSR count). The maximum Gasteiger partial charge on any atom is 0.173 e. The molecule has 0 spiro atoms. The molecule has 2 aliphatic rings. The van der Waals surface area contributed by atoms with Crippen LogP contribution in [0.15, 0.2) is 57.0 Å². The summed E-state index contributed by atoms with van der Waals surface area (Å²) >= 11 is 7.10. The van der Waals surface area contributed by atoms with Gasteiger partial charge in [0.1, 0.15) is 0 Å². The smallest absolute Gasteiger partial charge is 0.173 e. The Balaban J connectivity index is 1.82. The monoisotopic (exact) mass is 555 g/mol. The second kappa shape index (κ2) is 7.63. The Morgan fingerprint density at radius 1 is 1.09 bits per heavy atom. The number of carbonyl (C=O) groups excluding carboxylic acids is 1. The van der Waals surface area contributed by atoms with E-state index in [0.29, 0.717) is 21.1 Å². The molecule has 6 heteroatoms. The van der Waals surface area contributed by atoms with Gasteiger partial charge in [-0.1, -0.05) is 44.2 Å². The van der Waals surface area contributed by atoms with Gasteiger partial charge >= 0.3 is 0 Å². The Bertz CT molecular complexity index is 1330. The molecule has 1 unspecified atom stereocenters. The fourth-order valence-corrected chi connectivity index (χ4v) is 6.00. The van der Waals surface area contributed by atoms with Crippen LogP contribution in [-0.2, 0) is 4.79 Å². The molecule has 3 aromatic carbocycles. The standard InChI is InChI=1S/C26H23Br2NO3/c1-26(2)11-16-20-14-7-5-4-6-13(14)8-9-17(20)29-24(21(16)18(30)12-26)15-10-19(32-3)25(31)23(28)22(15)27/h4-10,24,29,31H,11-12H2,1-3H3. The first-order valence-corrected chi connectivity index (χ1v) is 12.1. The number of halogens is 2. The van der Waals surface area contributed by atoms with Gasteiger partial charge in [-0.05, 0) is 77.7 Å². The third kappa shape index (κ3) is 3.27. The van der Waals surface area contributed by atoms with E-state index >= 15 is 0 Å². The van der Waals surface area contributed by atoms with Crippen molar-refractivity contribution in [2.24, 2.45) is 5.41 Å². The summed E-state index contributed by atoms with van der Waals surface area (Å²) in [6.07, 6.45) is 1.32. The zero-order valence-corrected chi connectivity index (χ0v) is 21.2. The van der Waals surface area contributed by atoms with Crippen LogP contribution in [0, 0.1) is 5.41 Å². The first-order chi connectivity index (χ1) is 15.2. The fourth-order valence-electron chi connectivity index (χ4n) is 5.05. The number of Topliss-reactive ketones (excluding diaryl/α,β-unsaturated/α-hetero) is 1. The van der Waals surface area contributed by atoms with Crippen molar-refractivity contribution in [3.63, 3.8) is 0 Å². The SMILES string of the molecule is COc1cc(C2Nc3ccc4ccccc4c3C3=C2C(=O)CC(C)(C)C3)c(Br)c(Br)c1O. The van der Waals surface area contributed by atoms with Crippen molar-refractivity contribution >= 4 is 59.7 Å². The molecule has 0 fully saturated rings. The minimum Gasteiger partial charge on any atom is -0.503 e. The van der Waals surface area contributed by atoms with Crippen molar-refractivity contribution in [1.29, 1.82) is 0 Å². The number of nitrogens with one attached hydrogen (secondary N) is 1. The molecule has 32 heavy (non-hydrogen) atoms. The van der Waals surface area contributed by atoms with Crippen LogP contribution in [0.3, 0.4) is 0 Å². The lowest BCUT2D eigenvalue weighted by Gasteiger charge is -2.40. The van der Waals surface area contributed by atoms with Crippen LogP contribution < -0.4 is 10.1 Å². The number of benzene rings is 3. The van der Waals surface area contributed by atoms with Crippen LogP contribution in [0.5, 0.6) is 11.5 Å². The van der Waals surface area contributed by atoms with Crippen molar-refractivity contribution in [2.45, 2.75) is 32.7 Å². The second-order valence-electron chi connectivity index (χ2n) is 9.26. The Morgan fingerprint density at radius 2 is 1.84 bits per heavy atom. The Hall–Kier alpha value is -2.31. The Morgan fingerprint density at radius 3 is 2.59 bits per heavy atom. The number of ether oxygens (including phenoxy) is 1. The summed E-state index contributed by atoms with van der Waals surface area (Å²) in [7, 11) is 1.52. The highest BCUT2D eigenvalue weighted by Crippen LogP contribution is 2.54. The molecule has 1 aliphatic heterocycles. The number of fused-ring (bicyclic) bond motifs is 4. The first kappa shape index (κ1) is 21.5. The van der Waals surface area contributed by atoms with Gasteiger partial charge in [0.25, 0.3) is 0 Å². The number of rotatable bonds is 2. The second-order valence-corrected chi connectivity index (χ2v) is 10.9. The number of carbonyl (C=O) groups is 1. The average molecular weight is 557 g/mol. The zero-order valence-electron chi connectivity index (χ0n) is 18.1. The third-order valence-electron chi connectivity index (χ3n) is 6.44. The molecule has 1 aliphatic carbocycles. The van der Waals surface area contributed by atoms with E-state index < -0.39 is 0 Å².